The number of rotatable bonds is 2. The van der Waals surface area contributed by atoms with Crippen LogP contribution in [0.2, 0.25) is 0 Å². The lowest BCUT2D eigenvalue weighted by atomic mass is 9.76. The Morgan fingerprint density at radius 2 is 2.00 bits per heavy atom. The highest BCUT2D eigenvalue weighted by atomic mass is 79.9. The first kappa shape index (κ1) is 18.3. The van der Waals surface area contributed by atoms with E-state index in [1.807, 2.05) is 0 Å². The van der Waals surface area contributed by atoms with Crippen molar-refractivity contribution in [3.63, 3.8) is 0 Å². The van der Waals surface area contributed by atoms with Gasteiger partial charge in [-0.3, -0.25) is 0 Å². The second kappa shape index (κ2) is 7.07. The third-order valence-electron chi connectivity index (χ3n) is 6.36. The molecule has 2 aliphatic rings. The number of nitrogens with one attached hydrogen (secondary N) is 1. The van der Waals surface area contributed by atoms with E-state index < -0.39 is 0 Å². The summed E-state index contributed by atoms with van der Waals surface area (Å²) in [6.45, 7) is 2.14. The average Bonchev–Trinajstić information content (AvgIpc) is 3.40. The maximum absolute atomic E-state index is 4.91. The Bertz CT molecular complexity index is 1310. The number of anilines is 1. The van der Waals surface area contributed by atoms with Crippen LogP contribution in [0.5, 0.6) is 0 Å². The topological polar surface area (TPSA) is 24.9 Å². The number of thiazole rings is 1. The van der Waals surface area contributed by atoms with Crippen LogP contribution in [0.3, 0.4) is 0 Å². The largest absolute Gasteiger partial charge is 0.378 e. The molecule has 0 amide bonds. The summed E-state index contributed by atoms with van der Waals surface area (Å²) in [5, 5.41) is 4.95. The Kier molecular flexibility index (Phi) is 4.32. The number of benzene rings is 3. The summed E-state index contributed by atoms with van der Waals surface area (Å²) < 4.78 is 2.39. The minimum atomic E-state index is 0.325. The van der Waals surface area contributed by atoms with Crippen molar-refractivity contribution in [3.05, 3.63) is 94.0 Å². The molecule has 0 spiro atoms. The number of aryl methyl sites for hydroxylation is 1. The summed E-state index contributed by atoms with van der Waals surface area (Å²) in [6.07, 6.45) is 5.87. The van der Waals surface area contributed by atoms with Gasteiger partial charge in [-0.2, -0.15) is 0 Å². The molecule has 1 aromatic heterocycles. The van der Waals surface area contributed by atoms with Crippen molar-refractivity contribution in [2.45, 2.75) is 25.3 Å². The molecule has 1 aliphatic carbocycles. The first-order valence-electron chi connectivity index (χ1n) is 10.4. The van der Waals surface area contributed by atoms with Crippen molar-refractivity contribution in [1.29, 1.82) is 0 Å². The number of fused-ring (bicyclic) bond motifs is 4. The monoisotopic (exact) mass is 472 g/mol. The summed E-state index contributed by atoms with van der Waals surface area (Å²) in [5.74, 6) is 0.988. The Hall–Kier alpha value is -2.43. The standard InChI is InChI=1S/C26H21BrN2S/c1-15-8-10-23-24(12-15)30-26(29-23)17-9-11-22-21(14-17)19-6-3-7-20(19)25(28-22)16-4-2-5-18(27)13-16/h2-6,8-14,19-20,25,28H,7H2,1H3/t19-,20+,25+/m1/s1. The molecular formula is C26H21BrN2S. The highest BCUT2D eigenvalue weighted by Gasteiger charge is 2.38. The molecule has 0 saturated carbocycles. The molecule has 1 N–H and O–H groups in total. The van der Waals surface area contributed by atoms with Gasteiger partial charge in [0.2, 0.25) is 0 Å². The number of hydrogen-bond donors (Lipinski definition) is 1. The quantitative estimate of drug-likeness (QED) is 0.300. The molecule has 0 saturated heterocycles. The molecule has 6 rings (SSSR count). The predicted molar refractivity (Wildman–Crippen MR) is 130 cm³/mol. The van der Waals surface area contributed by atoms with Crippen LogP contribution in [0.4, 0.5) is 5.69 Å². The van der Waals surface area contributed by atoms with Gasteiger partial charge in [0.05, 0.1) is 16.3 Å². The van der Waals surface area contributed by atoms with Crippen LogP contribution in [0.15, 0.2) is 77.3 Å². The lowest BCUT2D eigenvalue weighted by molar-refractivity contribution is 0.425. The van der Waals surface area contributed by atoms with Gasteiger partial charge in [-0.15, -0.1) is 11.3 Å². The fraction of sp³-hybridized carbons (Fsp3) is 0.192. The number of aromatic nitrogens is 1. The van der Waals surface area contributed by atoms with E-state index in [2.05, 4.69) is 101 Å². The van der Waals surface area contributed by atoms with Crippen LogP contribution < -0.4 is 5.32 Å². The Morgan fingerprint density at radius 1 is 1.07 bits per heavy atom. The Morgan fingerprint density at radius 3 is 2.90 bits per heavy atom. The fourth-order valence-electron chi connectivity index (χ4n) is 4.91. The molecule has 0 fully saturated rings. The molecule has 1 aliphatic heterocycles. The van der Waals surface area contributed by atoms with Crippen molar-refractivity contribution < 1.29 is 0 Å². The van der Waals surface area contributed by atoms with E-state index in [4.69, 9.17) is 4.98 Å². The number of nitrogens with zero attached hydrogens (tertiary/aromatic N) is 1. The Labute approximate surface area is 188 Å². The van der Waals surface area contributed by atoms with Gasteiger partial charge >= 0.3 is 0 Å². The van der Waals surface area contributed by atoms with Crippen LogP contribution in [0.1, 0.15) is 35.1 Å². The van der Waals surface area contributed by atoms with E-state index in [9.17, 15) is 0 Å². The van der Waals surface area contributed by atoms with E-state index in [0.29, 0.717) is 17.9 Å². The van der Waals surface area contributed by atoms with Gasteiger partial charge in [-0.1, -0.05) is 46.3 Å². The van der Waals surface area contributed by atoms with Crippen molar-refractivity contribution in [3.8, 4) is 10.6 Å². The van der Waals surface area contributed by atoms with E-state index in [1.165, 1.54) is 32.6 Å². The summed E-state index contributed by atoms with van der Waals surface area (Å²) in [5.41, 5.74) is 7.57. The highest BCUT2D eigenvalue weighted by molar-refractivity contribution is 9.10. The number of hydrogen-bond acceptors (Lipinski definition) is 3. The zero-order chi connectivity index (χ0) is 20.2. The fourth-order valence-corrected chi connectivity index (χ4v) is 6.39. The van der Waals surface area contributed by atoms with Gasteiger partial charge < -0.3 is 5.32 Å². The van der Waals surface area contributed by atoms with E-state index in [-0.39, 0.29) is 0 Å². The van der Waals surface area contributed by atoms with Crippen molar-refractivity contribution in [1.82, 2.24) is 4.98 Å². The molecule has 0 radical (unpaired) electrons. The molecule has 3 atom stereocenters. The molecule has 4 heteroatoms. The third-order valence-corrected chi connectivity index (χ3v) is 7.92. The highest BCUT2D eigenvalue weighted by Crippen LogP contribution is 2.50. The van der Waals surface area contributed by atoms with E-state index >= 15 is 0 Å². The number of halogens is 1. The van der Waals surface area contributed by atoms with Gasteiger partial charge in [0, 0.05) is 21.6 Å². The maximum Gasteiger partial charge on any atom is 0.124 e. The van der Waals surface area contributed by atoms with Crippen LogP contribution in [0, 0.1) is 12.8 Å². The smallest absolute Gasteiger partial charge is 0.124 e. The molecule has 148 valence electrons. The summed E-state index contributed by atoms with van der Waals surface area (Å²) >= 11 is 5.42. The van der Waals surface area contributed by atoms with Crippen LogP contribution >= 0.6 is 27.3 Å². The van der Waals surface area contributed by atoms with Gasteiger partial charge in [0.25, 0.3) is 0 Å². The van der Waals surface area contributed by atoms with Crippen LogP contribution in [0.25, 0.3) is 20.8 Å². The van der Waals surface area contributed by atoms with Crippen molar-refractivity contribution >= 4 is 43.2 Å². The summed E-state index contributed by atoms with van der Waals surface area (Å²) in [6, 6.07) is 22.3. The first-order chi connectivity index (χ1) is 14.7. The molecule has 4 aromatic rings. The second-order valence-corrected chi connectivity index (χ2v) is 10.3. The van der Waals surface area contributed by atoms with Gasteiger partial charge in [0.15, 0.2) is 0 Å². The Balaban J connectivity index is 1.42. The molecular weight excluding hydrogens is 452 g/mol. The maximum atomic E-state index is 4.91. The molecule has 2 heterocycles. The molecule has 30 heavy (non-hydrogen) atoms. The van der Waals surface area contributed by atoms with Gasteiger partial charge in [0.1, 0.15) is 5.01 Å². The molecule has 2 nitrogen and oxygen atoms in total. The third kappa shape index (κ3) is 3.01. The molecule has 0 unspecified atom stereocenters. The minimum Gasteiger partial charge on any atom is -0.378 e. The van der Waals surface area contributed by atoms with Crippen molar-refractivity contribution in [2.75, 3.05) is 5.32 Å². The van der Waals surface area contributed by atoms with E-state index in [1.54, 1.807) is 11.3 Å². The molecule has 0 bridgehead atoms. The second-order valence-electron chi connectivity index (χ2n) is 8.32. The SMILES string of the molecule is Cc1ccc2nc(-c3ccc4c(c3)[C@@H]3C=CC[C@@H]3[C@H](c3cccc(Br)c3)N4)sc2c1. The summed E-state index contributed by atoms with van der Waals surface area (Å²) in [4.78, 5) is 4.91. The van der Waals surface area contributed by atoms with Gasteiger partial charge in [-0.05, 0) is 78.4 Å². The van der Waals surface area contributed by atoms with Crippen molar-refractivity contribution in [2.24, 2.45) is 5.92 Å². The zero-order valence-corrected chi connectivity index (χ0v) is 19.0. The van der Waals surface area contributed by atoms with Crippen LogP contribution in [-0.2, 0) is 0 Å². The minimum absolute atomic E-state index is 0.325. The predicted octanol–water partition coefficient (Wildman–Crippen LogP) is 7.86. The summed E-state index contributed by atoms with van der Waals surface area (Å²) in [7, 11) is 0. The lowest BCUT2D eigenvalue weighted by Crippen LogP contribution is -2.29. The van der Waals surface area contributed by atoms with Crippen LogP contribution in [-0.4, -0.2) is 4.98 Å². The normalized spacial score (nSPS) is 22.0. The number of allylic oxidation sites excluding steroid dienone is 2. The first-order valence-corrected chi connectivity index (χ1v) is 12.0. The zero-order valence-electron chi connectivity index (χ0n) is 16.6. The molecule has 3 aromatic carbocycles. The lowest BCUT2D eigenvalue weighted by Gasteiger charge is -2.37. The average molecular weight is 473 g/mol. The van der Waals surface area contributed by atoms with Gasteiger partial charge in [-0.25, -0.2) is 4.98 Å². The van der Waals surface area contributed by atoms with E-state index in [0.717, 1.165) is 21.4 Å².